The zero-order chi connectivity index (χ0) is 6.69. The molecule has 2 heteroatoms. The van der Waals surface area contributed by atoms with Crippen LogP contribution >= 0.6 is 0 Å². The highest BCUT2D eigenvalue weighted by molar-refractivity contribution is 4.89. The quantitative estimate of drug-likeness (QED) is 0.525. The highest BCUT2D eigenvalue weighted by Gasteiger charge is 2.16. The van der Waals surface area contributed by atoms with E-state index in [-0.39, 0.29) is 0 Å². The first kappa shape index (κ1) is 6.78. The van der Waals surface area contributed by atoms with Crippen LogP contribution in [0.15, 0.2) is 12.7 Å². The molecule has 1 rings (SSSR count). The van der Waals surface area contributed by atoms with E-state index in [0.29, 0.717) is 12.1 Å². The van der Waals surface area contributed by atoms with Crippen molar-refractivity contribution in [2.45, 2.75) is 19.0 Å². The molecule has 0 aromatic heterocycles. The Kier molecular flexibility index (Phi) is 2.25. The van der Waals surface area contributed by atoms with Crippen LogP contribution in [0.5, 0.6) is 0 Å². The average Bonchev–Trinajstić information content (AvgIpc) is 1.78. The summed E-state index contributed by atoms with van der Waals surface area (Å²) in [4.78, 5) is 0. The molecular weight excluding hydrogens is 112 g/mol. The Morgan fingerprint density at radius 3 is 2.78 bits per heavy atom. The molecule has 52 valence electrons. The Hall–Kier alpha value is -0.340. The van der Waals surface area contributed by atoms with Gasteiger partial charge in [-0.1, -0.05) is 6.08 Å². The lowest BCUT2D eigenvalue weighted by Crippen LogP contribution is -2.57. The number of rotatable bonds is 3. The summed E-state index contributed by atoms with van der Waals surface area (Å²) in [6, 6.07) is 1.13. The van der Waals surface area contributed by atoms with Gasteiger partial charge in [0, 0.05) is 25.2 Å². The SMILES string of the molecule is C=CC(C)NC1CNC1. The lowest BCUT2D eigenvalue weighted by molar-refractivity contribution is 0.354. The van der Waals surface area contributed by atoms with Gasteiger partial charge in [-0.15, -0.1) is 6.58 Å². The molecule has 1 atom stereocenters. The molecule has 1 fully saturated rings. The van der Waals surface area contributed by atoms with E-state index < -0.39 is 0 Å². The largest absolute Gasteiger partial charge is 0.314 e. The molecule has 1 unspecified atom stereocenters. The molecule has 1 heterocycles. The van der Waals surface area contributed by atoms with E-state index in [0.717, 1.165) is 13.1 Å². The maximum atomic E-state index is 3.69. The minimum atomic E-state index is 0.456. The van der Waals surface area contributed by atoms with E-state index >= 15 is 0 Å². The van der Waals surface area contributed by atoms with Crippen LogP contribution in [0.4, 0.5) is 0 Å². The van der Waals surface area contributed by atoms with E-state index in [1.807, 2.05) is 6.08 Å². The molecule has 9 heavy (non-hydrogen) atoms. The van der Waals surface area contributed by atoms with Gasteiger partial charge in [-0.25, -0.2) is 0 Å². The Bertz CT molecular complexity index is 97.1. The zero-order valence-electron chi connectivity index (χ0n) is 5.85. The summed E-state index contributed by atoms with van der Waals surface area (Å²) in [5, 5.41) is 6.58. The third-order valence-corrected chi connectivity index (χ3v) is 1.63. The van der Waals surface area contributed by atoms with Crippen molar-refractivity contribution in [3.05, 3.63) is 12.7 Å². The number of hydrogen-bond acceptors (Lipinski definition) is 2. The number of nitrogens with one attached hydrogen (secondary N) is 2. The first-order chi connectivity index (χ1) is 4.33. The summed E-state index contributed by atoms with van der Waals surface area (Å²) < 4.78 is 0. The highest BCUT2D eigenvalue weighted by atomic mass is 15.1. The van der Waals surface area contributed by atoms with Crippen LogP contribution in [0.2, 0.25) is 0 Å². The smallest absolute Gasteiger partial charge is 0.0322 e. The van der Waals surface area contributed by atoms with Crippen molar-refractivity contribution in [1.29, 1.82) is 0 Å². The second-order valence-electron chi connectivity index (χ2n) is 2.55. The maximum Gasteiger partial charge on any atom is 0.0322 e. The lowest BCUT2D eigenvalue weighted by Gasteiger charge is -2.30. The normalized spacial score (nSPS) is 22.8. The molecule has 2 N–H and O–H groups in total. The molecule has 0 spiro atoms. The third-order valence-electron chi connectivity index (χ3n) is 1.63. The van der Waals surface area contributed by atoms with Gasteiger partial charge in [0.05, 0.1) is 0 Å². The molecule has 1 saturated heterocycles. The fourth-order valence-electron chi connectivity index (χ4n) is 0.846. The van der Waals surface area contributed by atoms with Crippen LogP contribution in [-0.2, 0) is 0 Å². The molecule has 1 aliphatic heterocycles. The van der Waals surface area contributed by atoms with Gasteiger partial charge in [-0.3, -0.25) is 0 Å². The molecule has 0 aromatic carbocycles. The predicted molar refractivity (Wildman–Crippen MR) is 39.5 cm³/mol. The van der Waals surface area contributed by atoms with Crippen LogP contribution in [0.25, 0.3) is 0 Å². The van der Waals surface area contributed by atoms with E-state index in [2.05, 4.69) is 24.1 Å². The summed E-state index contributed by atoms with van der Waals surface area (Å²) in [5.74, 6) is 0. The van der Waals surface area contributed by atoms with Crippen LogP contribution in [0.1, 0.15) is 6.92 Å². The predicted octanol–water partition coefficient (Wildman–Crippen LogP) is 0.122. The van der Waals surface area contributed by atoms with Gasteiger partial charge in [-0.2, -0.15) is 0 Å². The fourth-order valence-corrected chi connectivity index (χ4v) is 0.846. The van der Waals surface area contributed by atoms with Crippen molar-refractivity contribution in [2.75, 3.05) is 13.1 Å². The summed E-state index contributed by atoms with van der Waals surface area (Å²) >= 11 is 0. The molecule has 0 radical (unpaired) electrons. The molecule has 0 aliphatic carbocycles. The highest BCUT2D eigenvalue weighted by Crippen LogP contribution is 1.93. The molecule has 0 bridgehead atoms. The molecule has 1 aliphatic rings. The van der Waals surface area contributed by atoms with Gasteiger partial charge >= 0.3 is 0 Å². The van der Waals surface area contributed by atoms with Crippen molar-refractivity contribution in [3.63, 3.8) is 0 Å². The van der Waals surface area contributed by atoms with Gasteiger partial charge in [0.2, 0.25) is 0 Å². The van der Waals surface area contributed by atoms with Gasteiger partial charge < -0.3 is 10.6 Å². The Labute approximate surface area is 56.3 Å². The summed E-state index contributed by atoms with van der Waals surface area (Å²) in [5.41, 5.74) is 0. The lowest BCUT2D eigenvalue weighted by atomic mass is 10.1. The Morgan fingerprint density at radius 2 is 2.44 bits per heavy atom. The van der Waals surface area contributed by atoms with E-state index in [1.54, 1.807) is 0 Å². The molecule has 0 saturated carbocycles. The van der Waals surface area contributed by atoms with Gasteiger partial charge in [0.1, 0.15) is 0 Å². The zero-order valence-corrected chi connectivity index (χ0v) is 5.85. The van der Waals surface area contributed by atoms with Gasteiger partial charge in [0.15, 0.2) is 0 Å². The van der Waals surface area contributed by atoms with Crippen LogP contribution in [0, 0.1) is 0 Å². The minimum Gasteiger partial charge on any atom is -0.314 e. The molecule has 2 nitrogen and oxygen atoms in total. The van der Waals surface area contributed by atoms with Gasteiger partial charge in [-0.05, 0) is 6.92 Å². The van der Waals surface area contributed by atoms with Crippen molar-refractivity contribution in [3.8, 4) is 0 Å². The topological polar surface area (TPSA) is 24.1 Å². The van der Waals surface area contributed by atoms with E-state index in [9.17, 15) is 0 Å². The van der Waals surface area contributed by atoms with Crippen molar-refractivity contribution in [2.24, 2.45) is 0 Å². The standard InChI is InChI=1S/C7H14N2/c1-3-6(2)9-7-4-8-5-7/h3,6-9H,1,4-5H2,2H3. The minimum absolute atomic E-state index is 0.456. The first-order valence-corrected chi connectivity index (χ1v) is 3.42. The fraction of sp³-hybridized carbons (Fsp3) is 0.714. The Morgan fingerprint density at radius 1 is 1.78 bits per heavy atom. The van der Waals surface area contributed by atoms with Crippen LogP contribution in [0.3, 0.4) is 0 Å². The summed E-state index contributed by atoms with van der Waals surface area (Å²) in [6.45, 7) is 8.02. The average molecular weight is 126 g/mol. The van der Waals surface area contributed by atoms with Crippen LogP contribution < -0.4 is 10.6 Å². The Balaban J connectivity index is 2.08. The first-order valence-electron chi connectivity index (χ1n) is 3.42. The summed E-state index contributed by atoms with van der Waals surface area (Å²) in [7, 11) is 0. The van der Waals surface area contributed by atoms with Crippen molar-refractivity contribution < 1.29 is 0 Å². The number of hydrogen-bond donors (Lipinski definition) is 2. The van der Waals surface area contributed by atoms with E-state index in [4.69, 9.17) is 0 Å². The molecular formula is C7H14N2. The van der Waals surface area contributed by atoms with Gasteiger partial charge in [0.25, 0.3) is 0 Å². The summed E-state index contributed by atoms with van der Waals surface area (Å²) in [6.07, 6.45) is 1.93. The van der Waals surface area contributed by atoms with Crippen molar-refractivity contribution >= 4 is 0 Å². The maximum absolute atomic E-state index is 3.69. The monoisotopic (exact) mass is 126 g/mol. The second-order valence-corrected chi connectivity index (χ2v) is 2.55. The molecule has 0 aromatic rings. The van der Waals surface area contributed by atoms with Crippen molar-refractivity contribution in [1.82, 2.24) is 10.6 Å². The molecule has 0 amide bonds. The second kappa shape index (κ2) is 2.99. The van der Waals surface area contributed by atoms with Crippen LogP contribution in [-0.4, -0.2) is 25.2 Å². The third kappa shape index (κ3) is 1.80. The van der Waals surface area contributed by atoms with E-state index in [1.165, 1.54) is 0 Å².